The van der Waals surface area contributed by atoms with Crippen molar-refractivity contribution >= 4 is 54.8 Å². The number of benzene rings is 1. The molecule has 2 aliphatic heterocycles. The minimum absolute atomic E-state index is 0.0240. The molecule has 5 rings (SSSR count). The number of carbonyl (C=O) groups excluding carboxylic acids is 1. The minimum atomic E-state index is -0.0240. The van der Waals surface area contributed by atoms with Crippen LogP contribution in [0, 0.1) is 0 Å². The number of aromatic nitrogens is 1. The van der Waals surface area contributed by atoms with Gasteiger partial charge in [0.15, 0.2) is 4.83 Å². The van der Waals surface area contributed by atoms with Crippen LogP contribution in [0.5, 0.6) is 0 Å². The number of thiophene rings is 1. The summed E-state index contributed by atoms with van der Waals surface area (Å²) in [6.45, 7) is 8.72. The fourth-order valence-corrected chi connectivity index (χ4v) is 6.12. The van der Waals surface area contributed by atoms with Crippen LogP contribution in [0.1, 0.15) is 40.2 Å². The van der Waals surface area contributed by atoms with Gasteiger partial charge in [0.1, 0.15) is 24.5 Å². The molecule has 6 nitrogen and oxygen atoms in total. The maximum absolute atomic E-state index is 13.4. The molecule has 1 saturated heterocycles. The monoisotopic (exact) mass is 516 g/mol. The molecule has 0 aliphatic carbocycles. The maximum atomic E-state index is 13.4. The van der Waals surface area contributed by atoms with Gasteiger partial charge in [-0.3, -0.25) is 9.69 Å². The molecular formula is C24H29BrN4O2S+2. The molecule has 4 N–H and O–H groups in total. The SMILES string of the molecule is C[NH+]1Cc2c(N3CCOCC3)[nH+]c3sc(C(=O)c4ccc(Br)cc4)c(N)c3c2CC1(C)C. The predicted molar refractivity (Wildman–Crippen MR) is 132 cm³/mol. The van der Waals surface area contributed by atoms with Crippen molar-refractivity contribution in [3.8, 4) is 0 Å². The number of nitrogens with zero attached hydrogens (tertiary/aromatic N) is 1. The van der Waals surface area contributed by atoms with Crippen LogP contribution in [-0.2, 0) is 17.7 Å². The first kappa shape index (κ1) is 21.8. The highest BCUT2D eigenvalue weighted by Crippen LogP contribution is 2.40. The molecule has 0 saturated carbocycles. The van der Waals surface area contributed by atoms with Crippen molar-refractivity contribution in [1.29, 1.82) is 0 Å². The number of pyridine rings is 1. The van der Waals surface area contributed by atoms with Gasteiger partial charge in [0.25, 0.3) is 5.82 Å². The number of H-pyrrole nitrogens is 1. The Balaban J connectivity index is 1.70. The molecule has 168 valence electrons. The van der Waals surface area contributed by atoms with Gasteiger partial charge < -0.3 is 15.4 Å². The molecule has 1 unspecified atom stereocenters. The van der Waals surface area contributed by atoms with Crippen LogP contribution in [-0.4, -0.2) is 44.7 Å². The van der Waals surface area contributed by atoms with Gasteiger partial charge in [-0.1, -0.05) is 27.3 Å². The first-order chi connectivity index (χ1) is 15.3. The number of nitrogen functional groups attached to an aromatic ring is 1. The normalized spacial score (nSPS) is 20.4. The molecule has 1 atom stereocenters. The lowest BCUT2D eigenvalue weighted by atomic mass is 9.84. The fourth-order valence-electron chi connectivity index (χ4n) is 4.75. The highest BCUT2D eigenvalue weighted by Gasteiger charge is 2.41. The molecule has 2 aliphatic rings. The van der Waals surface area contributed by atoms with Crippen LogP contribution in [0.3, 0.4) is 0 Å². The van der Waals surface area contributed by atoms with Crippen LogP contribution in [0.2, 0.25) is 0 Å². The molecule has 8 heteroatoms. The van der Waals surface area contributed by atoms with Crippen molar-refractivity contribution in [2.45, 2.75) is 32.4 Å². The van der Waals surface area contributed by atoms with Gasteiger partial charge in [0.2, 0.25) is 5.78 Å². The van der Waals surface area contributed by atoms with Crippen molar-refractivity contribution in [3.05, 3.63) is 50.3 Å². The summed E-state index contributed by atoms with van der Waals surface area (Å²) in [5.41, 5.74) is 10.7. The number of aromatic amines is 1. The van der Waals surface area contributed by atoms with Crippen LogP contribution >= 0.6 is 27.3 Å². The van der Waals surface area contributed by atoms with E-state index in [1.165, 1.54) is 27.4 Å². The Morgan fingerprint density at radius 1 is 1.22 bits per heavy atom. The van der Waals surface area contributed by atoms with Crippen molar-refractivity contribution in [3.63, 3.8) is 0 Å². The zero-order chi connectivity index (χ0) is 22.6. The molecule has 1 fully saturated rings. The molecule has 32 heavy (non-hydrogen) atoms. The third kappa shape index (κ3) is 3.63. The lowest BCUT2D eigenvalue weighted by molar-refractivity contribution is -0.945. The van der Waals surface area contributed by atoms with E-state index >= 15 is 0 Å². The van der Waals surface area contributed by atoms with Gasteiger partial charge >= 0.3 is 0 Å². The second-order valence-electron chi connectivity index (χ2n) is 9.43. The summed E-state index contributed by atoms with van der Waals surface area (Å²) in [5, 5.41) is 1.03. The number of quaternary nitrogens is 1. The summed E-state index contributed by atoms with van der Waals surface area (Å²) in [5.74, 6) is 1.14. The van der Waals surface area contributed by atoms with Gasteiger partial charge in [-0.15, -0.1) is 0 Å². The standard InChI is InChI=1S/C24H27BrN4O2S/c1-24(2)12-16-17(13-28(24)3)22(29-8-10-31-11-9-29)27-23-18(16)19(26)21(32-23)20(30)14-4-6-15(25)7-5-14/h4-7H,8-13,26H2,1-3H3/p+2. The number of hydrogen-bond acceptors (Lipinski definition) is 5. The number of carbonyl (C=O) groups is 1. The smallest absolute Gasteiger partial charge is 0.284 e. The topological polar surface area (TPSA) is 74.1 Å². The molecule has 2 aromatic heterocycles. The molecule has 0 amide bonds. The number of halogens is 1. The highest BCUT2D eigenvalue weighted by atomic mass is 79.9. The van der Waals surface area contributed by atoms with E-state index < -0.39 is 0 Å². The highest BCUT2D eigenvalue weighted by molar-refractivity contribution is 9.10. The Bertz CT molecular complexity index is 1200. The number of rotatable bonds is 3. The van der Waals surface area contributed by atoms with E-state index in [2.05, 4.69) is 46.7 Å². The third-order valence-corrected chi connectivity index (χ3v) is 8.63. The Kier molecular flexibility index (Phi) is 5.52. The first-order valence-electron chi connectivity index (χ1n) is 11.0. The number of morpholine rings is 1. The molecule has 3 aromatic rings. The Morgan fingerprint density at radius 2 is 1.91 bits per heavy atom. The van der Waals surface area contributed by atoms with Crippen LogP contribution in [0.25, 0.3) is 10.2 Å². The summed E-state index contributed by atoms with van der Waals surface area (Å²) in [6, 6.07) is 7.47. The van der Waals surface area contributed by atoms with Crippen LogP contribution < -0.4 is 20.5 Å². The van der Waals surface area contributed by atoms with E-state index in [0.29, 0.717) is 16.1 Å². The lowest BCUT2D eigenvalue weighted by Gasteiger charge is -2.38. The number of nitrogens with one attached hydrogen (secondary N) is 2. The second kappa shape index (κ2) is 8.09. The number of nitrogens with two attached hydrogens (primary N) is 1. The maximum Gasteiger partial charge on any atom is 0.284 e. The van der Waals surface area contributed by atoms with Crippen molar-refractivity contribution in [1.82, 2.24) is 0 Å². The van der Waals surface area contributed by atoms with E-state index in [1.54, 1.807) is 0 Å². The average Bonchev–Trinajstić information content (AvgIpc) is 3.11. The van der Waals surface area contributed by atoms with Gasteiger partial charge in [-0.05, 0) is 43.7 Å². The minimum Gasteiger partial charge on any atom is -0.397 e. The molecule has 0 bridgehead atoms. The summed E-state index contributed by atoms with van der Waals surface area (Å²) >= 11 is 4.92. The largest absolute Gasteiger partial charge is 0.397 e. The van der Waals surface area contributed by atoms with Gasteiger partial charge in [0, 0.05) is 16.5 Å². The number of fused-ring (bicyclic) bond motifs is 3. The molecule has 4 heterocycles. The molecule has 0 spiro atoms. The summed E-state index contributed by atoms with van der Waals surface area (Å²) in [4.78, 5) is 22.5. The summed E-state index contributed by atoms with van der Waals surface area (Å²) < 4.78 is 6.54. The Labute approximate surface area is 200 Å². The number of ether oxygens (including phenoxy) is 1. The third-order valence-electron chi connectivity index (χ3n) is 6.98. The second-order valence-corrected chi connectivity index (χ2v) is 11.4. The number of ketones is 1. The van der Waals surface area contributed by atoms with Crippen LogP contribution in [0.15, 0.2) is 28.7 Å². The van der Waals surface area contributed by atoms with Gasteiger partial charge in [-0.2, -0.15) is 0 Å². The van der Waals surface area contributed by atoms with Gasteiger partial charge in [0.05, 0.1) is 42.4 Å². The zero-order valence-electron chi connectivity index (χ0n) is 18.7. The quantitative estimate of drug-likeness (QED) is 0.524. The van der Waals surface area contributed by atoms with E-state index in [-0.39, 0.29) is 11.3 Å². The Hall–Kier alpha value is -2.00. The van der Waals surface area contributed by atoms with Crippen molar-refractivity contribution in [2.24, 2.45) is 0 Å². The van der Waals surface area contributed by atoms with E-state index in [0.717, 1.165) is 59.8 Å². The molecular weight excluding hydrogens is 488 g/mol. The lowest BCUT2D eigenvalue weighted by Crippen LogP contribution is -3.16. The number of anilines is 2. The summed E-state index contributed by atoms with van der Waals surface area (Å²) in [7, 11) is 2.26. The molecule has 0 radical (unpaired) electrons. The van der Waals surface area contributed by atoms with E-state index in [4.69, 9.17) is 10.5 Å². The zero-order valence-corrected chi connectivity index (χ0v) is 21.1. The van der Waals surface area contributed by atoms with Crippen LogP contribution in [0.4, 0.5) is 11.5 Å². The van der Waals surface area contributed by atoms with E-state index in [1.807, 2.05) is 24.3 Å². The Morgan fingerprint density at radius 3 is 2.59 bits per heavy atom. The number of likely N-dealkylation sites (N-methyl/N-ethyl adjacent to an activating group) is 1. The van der Waals surface area contributed by atoms with Gasteiger partial charge in [-0.25, -0.2) is 4.98 Å². The average molecular weight is 517 g/mol. The van der Waals surface area contributed by atoms with E-state index in [9.17, 15) is 4.79 Å². The summed E-state index contributed by atoms with van der Waals surface area (Å²) in [6.07, 6.45) is 0.920. The number of hydrogen-bond donors (Lipinski definition) is 2. The first-order valence-corrected chi connectivity index (χ1v) is 12.6. The molecule has 1 aromatic carbocycles. The van der Waals surface area contributed by atoms with Crippen molar-refractivity contribution < 1.29 is 19.4 Å². The predicted octanol–water partition coefficient (Wildman–Crippen LogP) is 2.48. The fraction of sp³-hybridized carbons (Fsp3) is 0.417. The van der Waals surface area contributed by atoms with Crippen molar-refractivity contribution in [2.75, 3.05) is 44.0 Å².